The Labute approximate surface area is 195 Å². The summed E-state index contributed by atoms with van der Waals surface area (Å²) in [5.74, 6) is -4.78. The van der Waals surface area contributed by atoms with Gasteiger partial charge in [-0.3, -0.25) is 30.0 Å². The molecule has 1 heterocycles. The Morgan fingerprint density at radius 3 is 2.29 bits per heavy atom. The summed E-state index contributed by atoms with van der Waals surface area (Å²) in [7, 11) is 0. The minimum absolute atomic E-state index is 0.0447. The van der Waals surface area contributed by atoms with Gasteiger partial charge in [0.25, 0.3) is 11.8 Å². The molecule has 2 amide bonds. The molecular weight excluding hydrogens is 474 g/mol. The van der Waals surface area contributed by atoms with Crippen molar-refractivity contribution in [2.75, 3.05) is 5.73 Å². The van der Waals surface area contributed by atoms with Gasteiger partial charge in [-0.25, -0.2) is 9.78 Å². The number of rotatable bonds is 8. The highest BCUT2D eigenvalue weighted by Gasteiger charge is 2.21. The Kier molecular flexibility index (Phi) is 8.60. The number of hydrogen-bond acceptors (Lipinski definition) is 12. The number of nitrogen functional groups attached to an aromatic ring is 1. The lowest BCUT2D eigenvalue weighted by Gasteiger charge is -2.13. The number of hydrazine groups is 1. The van der Waals surface area contributed by atoms with Gasteiger partial charge >= 0.3 is 17.9 Å². The predicted molar refractivity (Wildman–Crippen MR) is 116 cm³/mol. The number of ether oxygens (including phenoxy) is 2. The lowest BCUT2D eigenvalue weighted by atomic mass is 10.2. The molecule has 0 aliphatic rings. The summed E-state index contributed by atoms with van der Waals surface area (Å²) in [4.78, 5) is 67.0. The van der Waals surface area contributed by atoms with Crippen LogP contribution in [0.4, 0.5) is 5.13 Å². The summed E-state index contributed by atoms with van der Waals surface area (Å²) in [5, 5.41) is 14.1. The summed E-state index contributed by atoms with van der Waals surface area (Å²) >= 11 is 0.996. The first-order valence-electron chi connectivity index (χ1n) is 9.27. The first-order chi connectivity index (χ1) is 16.0. The number of thiazole rings is 1. The molecule has 0 radical (unpaired) electrons. The minimum atomic E-state index is -1.45. The smallest absolute Gasteiger partial charge is 0.360 e. The number of carboxylic acid groups (broad SMARTS) is 1. The summed E-state index contributed by atoms with van der Waals surface area (Å²) in [6, 6.07) is 3.62. The van der Waals surface area contributed by atoms with Crippen LogP contribution < -0.4 is 26.1 Å². The van der Waals surface area contributed by atoms with E-state index in [4.69, 9.17) is 20.0 Å². The number of anilines is 1. The lowest BCUT2D eigenvalue weighted by molar-refractivity contribution is -0.134. The standard InChI is InChI=1S/C19H19N5O9S/c1-8(33-24-15(18(29)30)12-7-34-19(20)21-12)16(27)22-23-17(28)11-4-5-13(31-9(2)25)14(6-11)32-10(3)26/h4-8H,1-3H3,(H2,20,21)(H,22,27)(H,23,28)(H,29,30)/b24-15-. The second-order valence-corrected chi connectivity index (χ2v) is 7.25. The maximum Gasteiger partial charge on any atom is 0.360 e. The van der Waals surface area contributed by atoms with Crippen molar-refractivity contribution in [1.29, 1.82) is 0 Å². The van der Waals surface area contributed by atoms with Gasteiger partial charge in [-0.1, -0.05) is 5.16 Å². The van der Waals surface area contributed by atoms with Crippen molar-refractivity contribution in [3.63, 3.8) is 0 Å². The van der Waals surface area contributed by atoms with Crippen LogP contribution in [0.5, 0.6) is 11.5 Å². The molecule has 0 saturated heterocycles. The average molecular weight is 493 g/mol. The Morgan fingerprint density at radius 1 is 1.09 bits per heavy atom. The fourth-order valence-electron chi connectivity index (χ4n) is 2.19. The Hall–Kier alpha value is -4.53. The second-order valence-electron chi connectivity index (χ2n) is 6.36. The zero-order valence-electron chi connectivity index (χ0n) is 18.0. The molecule has 0 saturated carbocycles. The SMILES string of the molecule is CC(=O)Oc1ccc(C(=O)NNC(=O)C(C)O/N=C(\C(=O)O)c2csc(N)n2)cc1OC(C)=O. The predicted octanol–water partition coefficient (Wildman–Crippen LogP) is 0.231. The molecule has 180 valence electrons. The number of benzene rings is 1. The van der Waals surface area contributed by atoms with Gasteiger partial charge in [-0.15, -0.1) is 11.3 Å². The number of nitrogens with two attached hydrogens (primary N) is 1. The van der Waals surface area contributed by atoms with Crippen molar-refractivity contribution in [1.82, 2.24) is 15.8 Å². The van der Waals surface area contributed by atoms with Crippen LogP contribution in [0.25, 0.3) is 0 Å². The van der Waals surface area contributed by atoms with E-state index in [9.17, 15) is 29.1 Å². The van der Waals surface area contributed by atoms with Crippen molar-refractivity contribution < 1.29 is 43.4 Å². The van der Waals surface area contributed by atoms with E-state index in [2.05, 4.69) is 21.0 Å². The zero-order chi connectivity index (χ0) is 25.4. The first kappa shape index (κ1) is 25.7. The number of hydrogen-bond donors (Lipinski definition) is 4. The molecule has 1 unspecified atom stereocenters. The quantitative estimate of drug-likeness (QED) is 0.169. The fraction of sp³-hybridized carbons (Fsp3) is 0.211. The molecular formula is C19H19N5O9S. The van der Waals surface area contributed by atoms with E-state index in [-0.39, 0.29) is 27.9 Å². The van der Waals surface area contributed by atoms with Gasteiger partial charge in [0.1, 0.15) is 5.69 Å². The average Bonchev–Trinajstić information content (AvgIpc) is 3.17. The second kappa shape index (κ2) is 11.4. The molecule has 0 aliphatic carbocycles. The van der Waals surface area contributed by atoms with Crippen molar-refractivity contribution >= 4 is 51.9 Å². The Morgan fingerprint density at radius 2 is 1.74 bits per heavy atom. The molecule has 1 aromatic carbocycles. The van der Waals surface area contributed by atoms with Crippen LogP contribution in [-0.4, -0.2) is 51.6 Å². The number of oxime groups is 1. The van der Waals surface area contributed by atoms with Crippen LogP contribution >= 0.6 is 11.3 Å². The van der Waals surface area contributed by atoms with Gasteiger partial charge in [0, 0.05) is 24.8 Å². The molecule has 1 aromatic heterocycles. The third-order valence-electron chi connectivity index (χ3n) is 3.65. The molecule has 0 aliphatic heterocycles. The van der Waals surface area contributed by atoms with Gasteiger partial charge in [0.05, 0.1) is 0 Å². The largest absolute Gasteiger partial charge is 0.476 e. The highest BCUT2D eigenvalue weighted by atomic mass is 32.1. The van der Waals surface area contributed by atoms with Crippen molar-refractivity contribution in [2.45, 2.75) is 26.9 Å². The van der Waals surface area contributed by atoms with E-state index in [1.165, 1.54) is 24.4 Å². The van der Waals surface area contributed by atoms with Gasteiger partial charge in [-0.2, -0.15) is 0 Å². The minimum Gasteiger partial charge on any atom is -0.476 e. The number of esters is 2. The van der Waals surface area contributed by atoms with Crippen LogP contribution in [0.15, 0.2) is 28.7 Å². The zero-order valence-corrected chi connectivity index (χ0v) is 18.8. The molecule has 15 heteroatoms. The maximum atomic E-state index is 12.3. The van der Waals surface area contributed by atoms with Crippen molar-refractivity contribution in [2.24, 2.45) is 5.16 Å². The summed E-state index contributed by atoms with van der Waals surface area (Å²) < 4.78 is 9.84. The normalized spacial score (nSPS) is 11.7. The molecule has 2 rings (SSSR count). The van der Waals surface area contributed by atoms with Crippen molar-refractivity contribution in [3.05, 3.63) is 34.8 Å². The molecule has 14 nitrogen and oxygen atoms in total. The third-order valence-corrected chi connectivity index (χ3v) is 4.32. The van der Waals surface area contributed by atoms with Gasteiger partial charge in [0.15, 0.2) is 16.6 Å². The molecule has 0 fully saturated rings. The highest BCUT2D eigenvalue weighted by molar-refractivity contribution is 7.13. The van der Waals surface area contributed by atoms with Crippen LogP contribution in [0.1, 0.15) is 36.8 Å². The molecule has 5 N–H and O–H groups in total. The highest BCUT2D eigenvalue weighted by Crippen LogP contribution is 2.28. The van der Waals surface area contributed by atoms with E-state index in [0.29, 0.717) is 0 Å². The number of aromatic nitrogens is 1. The summed E-state index contributed by atoms with van der Waals surface area (Å²) in [6.45, 7) is 3.52. The molecule has 34 heavy (non-hydrogen) atoms. The third kappa shape index (κ3) is 7.27. The molecule has 0 spiro atoms. The number of carbonyl (C=O) groups is 5. The molecule has 0 bridgehead atoms. The van der Waals surface area contributed by atoms with Crippen molar-refractivity contribution in [3.8, 4) is 11.5 Å². The van der Waals surface area contributed by atoms with E-state index in [0.717, 1.165) is 31.3 Å². The first-order valence-corrected chi connectivity index (χ1v) is 10.2. The Balaban J connectivity index is 2.03. The van der Waals surface area contributed by atoms with E-state index in [1.54, 1.807) is 0 Å². The monoisotopic (exact) mass is 493 g/mol. The van der Waals surface area contributed by atoms with Crippen LogP contribution in [0.2, 0.25) is 0 Å². The van der Waals surface area contributed by atoms with Gasteiger partial charge in [-0.05, 0) is 25.1 Å². The van der Waals surface area contributed by atoms with Gasteiger partial charge in [0.2, 0.25) is 11.8 Å². The topological polar surface area (TPSA) is 209 Å². The molecule has 1 atom stereocenters. The van der Waals surface area contributed by atoms with Crippen LogP contribution in [0.3, 0.4) is 0 Å². The van der Waals surface area contributed by atoms with E-state index < -0.39 is 41.5 Å². The molecule has 2 aromatic rings. The van der Waals surface area contributed by atoms with Crippen LogP contribution in [-0.2, 0) is 24.0 Å². The van der Waals surface area contributed by atoms with E-state index >= 15 is 0 Å². The summed E-state index contributed by atoms with van der Waals surface area (Å²) in [6.07, 6.45) is -1.31. The number of nitrogens with zero attached hydrogens (tertiary/aromatic N) is 2. The fourth-order valence-corrected chi connectivity index (χ4v) is 2.73. The number of amides is 2. The van der Waals surface area contributed by atoms with Gasteiger partial charge < -0.3 is 25.2 Å². The number of carboxylic acids is 1. The number of aliphatic carboxylic acids is 1. The Bertz CT molecular complexity index is 1160. The van der Waals surface area contributed by atoms with Crippen LogP contribution in [0, 0.1) is 0 Å². The number of carbonyl (C=O) groups excluding carboxylic acids is 4. The van der Waals surface area contributed by atoms with E-state index in [1.807, 2.05) is 0 Å². The maximum absolute atomic E-state index is 12.3. The number of nitrogens with one attached hydrogen (secondary N) is 2. The lowest BCUT2D eigenvalue weighted by Crippen LogP contribution is -2.46. The summed E-state index contributed by atoms with van der Waals surface area (Å²) in [5.41, 5.74) is 8.99.